The molecule has 0 fully saturated rings. The summed E-state index contributed by atoms with van der Waals surface area (Å²) in [6.45, 7) is 1.88. The average Bonchev–Trinajstić information content (AvgIpc) is 2.43. The summed E-state index contributed by atoms with van der Waals surface area (Å²) in [7, 11) is 0. The monoisotopic (exact) mass is 322 g/mol. The molecule has 0 saturated carbocycles. The van der Waals surface area contributed by atoms with E-state index in [2.05, 4.69) is 10.9 Å². The molecule has 2 N–H and O–H groups in total. The molecule has 0 saturated heterocycles. The molecule has 0 aliphatic heterocycles. The van der Waals surface area contributed by atoms with Gasteiger partial charge in [-0.1, -0.05) is 40.9 Å². The van der Waals surface area contributed by atoms with Crippen LogP contribution in [0.25, 0.3) is 0 Å². The lowest BCUT2D eigenvalue weighted by Gasteiger charge is -2.08. The van der Waals surface area contributed by atoms with Crippen LogP contribution in [-0.4, -0.2) is 11.8 Å². The van der Waals surface area contributed by atoms with Crippen molar-refractivity contribution in [2.45, 2.75) is 6.92 Å². The molecule has 0 aliphatic carbocycles. The van der Waals surface area contributed by atoms with E-state index in [0.29, 0.717) is 15.6 Å². The first-order valence-corrected chi connectivity index (χ1v) is 6.85. The highest BCUT2D eigenvalue weighted by Crippen LogP contribution is 2.18. The molecule has 0 unspecified atom stereocenters. The van der Waals surface area contributed by atoms with E-state index in [1.54, 1.807) is 18.2 Å². The minimum absolute atomic E-state index is 0.261. The Morgan fingerprint density at radius 1 is 0.857 bits per heavy atom. The molecule has 2 amide bonds. The van der Waals surface area contributed by atoms with E-state index >= 15 is 0 Å². The van der Waals surface area contributed by atoms with Crippen LogP contribution < -0.4 is 10.9 Å². The second-order valence-corrected chi connectivity index (χ2v) is 5.31. The molecule has 6 heteroatoms. The summed E-state index contributed by atoms with van der Waals surface area (Å²) in [5, 5.41) is 0.690. The second-order valence-electron chi connectivity index (χ2n) is 4.44. The van der Waals surface area contributed by atoms with Crippen LogP contribution in [0.5, 0.6) is 0 Å². The normalized spacial score (nSPS) is 10.0. The van der Waals surface area contributed by atoms with E-state index in [-0.39, 0.29) is 5.56 Å². The molecule has 4 nitrogen and oxygen atoms in total. The number of hydrogen-bond acceptors (Lipinski definition) is 2. The Bertz CT molecular complexity index is 682. The number of carbonyl (C=O) groups is 2. The van der Waals surface area contributed by atoms with Gasteiger partial charge >= 0.3 is 0 Å². The summed E-state index contributed by atoms with van der Waals surface area (Å²) in [6.07, 6.45) is 0. The molecule has 108 valence electrons. The fourth-order valence-electron chi connectivity index (χ4n) is 1.73. The third-order valence-corrected chi connectivity index (χ3v) is 3.13. The molecule has 21 heavy (non-hydrogen) atoms. The van der Waals surface area contributed by atoms with Gasteiger partial charge in [0.1, 0.15) is 0 Å². The second kappa shape index (κ2) is 6.61. The Balaban J connectivity index is 2.02. The lowest BCUT2D eigenvalue weighted by Crippen LogP contribution is -2.41. The molecule has 0 heterocycles. The van der Waals surface area contributed by atoms with Gasteiger partial charge in [-0.05, 0) is 37.3 Å². The fraction of sp³-hybridized carbons (Fsp3) is 0.0667. The van der Waals surface area contributed by atoms with Gasteiger partial charge in [-0.25, -0.2) is 0 Å². The zero-order chi connectivity index (χ0) is 15.4. The highest BCUT2D eigenvalue weighted by Gasteiger charge is 2.10. The number of aryl methyl sites for hydroxylation is 1. The van der Waals surface area contributed by atoms with Crippen molar-refractivity contribution in [1.29, 1.82) is 0 Å². The minimum Gasteiger partial charge on any atom is -0.267 e. The lowest BCUT2D eigenvalue weighted by atomic mass is 10.1. The van der Waals surface area contributed by atoms with Crippen molar-refractivity contribution in [2.24, 2.45) is 0 Å². The largest absolute Gasteiger partial charge is 0.269 e. The van der Waals surface area contributed by atoms with Crippen molar-refractivity contribution >= 4 is 35.0 Å². The van der Waals surface area contributed by atoms with Crippen LogP contribution in [0.3, 0.4) is 0 Å². The first-order valence-electron chi connectivity index (χ1n) is 6.09. The molecule has 0 radical (unpaired) electrons. The van der Waals surface area contributed by atoms with Gasteiger partial charge in [0.05, 0.1) is 0 Å². The van der Waals surface area contributed by atoms with Crippen LogP contribution in [0.2, 0.25) is 10.0 Å². The molecular formula is C15H12Cl2N2O2. The van der Waals surface area contributed by atoms with Gasteiger partial charge in [-0.3, -0.25) is 20.4 Å². The van der Waals surface area contributed by atoms with Crippen molar-refractivity contribution in [1.82, 2.24) is 10.9 Å². The van der Waals surface area contributed by atoms with Crippen molar-refractivity contribution < 1.29 is 9.59 Å². The fourth-order valence-corrected chi connectivity index (χ4v) is 2.26. The van der Waals surface area contributed by atoms with Gasteiger partial charge in [0.25, 0.3) is 11.8 Å². The SMILES string of the molecule is Cc1cccc(C(=O)NNC(=O)c2cc(Cl)cc(Cl)c2)c1. The zero-order valence-corrected chi connectivity index (χ0v) is 12.6. The molecule has 0 spiro atoms. The molecule has 2 aromatic rings. The first-order chi connectivity index (χ1) is 9.95. The predicted octanol–water partition coefficient (Wildman–Crippen LogP) is 3.38. The highest BCUT2D eigenvalue weighted by molar-refractivity contribution is 6.35. The van der Waals surface area contributed by atoms with E-state index in [1.165, 1.54) is 18.2 Å². The number of hydrogen-bond donors (Lipinski definition) is 2. The van der Waals surface area contributed by atoms with Crippen molar-refractivity contribution in [2.75, 3.05) is 0 Å². The summed E-state index contributed by atoms with van der Waals surface area (Å²) in [5.41, 5.74) is 6.33. The summed E-state index contributed by atoms with van der Waals surface area (Å²) in [6, 6.07) is 11.5. The topological polar surface area (TPSA) is 58.2 Å². The van der Waals surface area contributed by atoms with Crippen molar-refractivity contribution in [3.8, 4) is 0 Å². The van der Waals surface area contributed by atoms with Crippen molar-refractivity contribution in [3.05, 3.63) is 69.2 Å². The molecule has 0 atom stereocenters. The summed E-state index contributed by atoms with van der Waals surface area (Å²) in [4.78, 5) is 23.8. The maximum Gasteiger partial charge on any atom is 0.269 e. The van der Waals surface area contributed by atoms with Gasteiger partial charge in [0.2, 0.25) is 0 Å². The van der Waals surface area contributed by atoms with Crippen LogP contribution in [-0.2, 0) is 0 Å². The van der Waals surface area contributed by atoms with Gasteiger partial charge in [0, 0.05) is 21.2 Å². The summed E-state index contributed by atoms with van der Waals surface area (Å²) in [5.74, 6) is -0.902. The number of halogens is 2. The van der Waals surface area contributed by atoms with Crippen LogP contribution in [0.15, 0.2) is 42.5 Å². The van der Waals surface area contributed by atoms with Gasteiger partial charge < -0.3 is 0 Å². The third-order valence-electron chi connectivity index (χ3n) is 2.69. The Morgan fingerprint density at radius 3 is 2.00 bits per heavy atom. The van der Waals surface area contributed by atoms with Crippen molar-refractivity contribution in [3.63, 3.8) is 0 Å². The van der Waals surface area contributed by atoms with E-state index in [9.17, 15) is 9.59 Å². The number of rotatable bonds is 2. The maximum absolute atomic E-state index is 11.9. The molecule has 0 bridgehead atoms. The van der Waals surface area contributed by atoms with Crippen LogP contribution >= 0.6 is 23.2 Å². The van der Waals surface area contributed by atoms with E-state index in [0.717, 1.165) is 5.56 Å². The van der Waals surface area contributed by atoms with E-state index < -0.39 is 11.8 Å². The van der Waals surface area contributed by atoms with Crippen LogP contribution in [0.4, 0.5) is 0 Å². The number of carbonyl (C=O) groups excluding carboxylic acids is 2. The standard InChI is InChI=1S/C15H12Cl2N2O2/c1-9-3-2-4-10(5-9)14(20)18-19-15(21)11-6-12(16)8-13(17)7-11/h2-8H,1H3,(H,18,20)(H,19,21). The van der Waals surface area contributed by atoms with E-state index in [1.807, 2.05) is 13.0 Å². The van der Waals surface area contributed by atoms with Crippen LogP contribution in [0.1, 0.15) is 26.3 Å². The van der Waals surface area contributed by atoms with Gasteiger partial charge in [-0.2, -0.15) is 0 Å². The van der Waals surface area contributed by atoms with Gasteiger partial charge in [-0.15, -0.1) is 0 Å². The maximum atomic E-state index is 11.9. The molecule has 2 aromatic carbocycles. The lowest BCUT2D eigenvalue weighted by molar-refractivity contribution is 0.0846. The number of hydrazine groups is 1. The Hall–Kier alpha value is -2.04. The third kappa shape index (κ3) is 4.21. The molecule has 0 aromatic heterocycles. The zero-order valence-electron chi connectivity index (χ0n) is 11.1. The first kappa shape index (κ1) is 15.4. The highest BCUT2D eigenvalue weighted by atomic mass is 35.5. The number of benzene rings is 2. The number of nitrogens with one attached hydrogen (secondary N) is 2. The quantitative estimate of drug-likeness (QED) is 0.833. The number of amides is 2. The molecule has 0 aliphatic rings. The van der Waals surface area contributed by atoms with Gasteiger partial charge in [0.15, 0.2) is 0 Å². The Morgan fingerprint density at radius 2 is 1.43 bits per heavy atom. The molecule has 2 rings (SSSR count). The molecular weight excluding hydrogens is 311 g/mol. The minimum atomic E-state index is -0.500. The summed E-state index contributed by atoms with van der Waals surface area (Å²) < 4.78 is 0. The Labute approximate surface area is 132 Å². The average molecular weight is 323 g/mol. The smallest absolute Gasteiger partial charge is 0.267 e. The Kier molecular flexibility index (Phi) is 4.83. The van der Waals surface area contributed by atoms with Crippen LogP contribution in [0, 0.1) is 6.92 Å². The predicted molar refractivity (Wildman–Crippen MR) is 82.6 cm³/mol. The summed E-state index contributed by atoms with van der Waals surface area (Å²) >= 11 is 11.6. The van der Waals surface area contributed by atoms with E-state index in [4.69, 9.17) is 23.2 Å².